The summed E-state index contributed by atoms with van der Waals surface area (Å²) in [5, 5.41) is 7.37. The highest BCUT2D eigenvalue weighted by Crippen LogP contribution is 2.24. The van der Waals surface area contributed by atoms with Crippen LogP contribution in [0.2, 0.25) is 0 Å². The number of rotatable bonds is 5. The molecule has 0 aliphatic carbocycles. The predicted octanol–water partition coefficient (Wildman–Crippen LogP) is 2.45. The number of hydrogen-bond acceptors (Lipinski definition) is 3. The summed E-state index contributed by atoms with van der Waals surface area (Å²) in [4.78, 5) is 0. The number of ether oxygens (including phenoxy) is 2. The van der Waals surface area contributed by atoms with Crippen LogP contribution in [0.4, 0.5) is 13.2 Å². The summed E-state index contributed by atoms with van der Waals surface area (Å²) in [6, 6.07) is 4.58. The van der Waals surface area contributed by atoms with Gasteiger partial charge in [0.1, 0.15) is 11.6 Å². The molecule has 0 bridgehead atoms. The molecule has 0 saturated carbocycles. The summed E-state index contributed by atoms with van der Waals surface area (Å²) in [7, 11) is 1.42. The molecule has 7 heteroatoms. The van der Waals surface area contributed by atoms with E-state index in [4.69, 9.17) is 20.6 Å². The first-order chi connectivity index (χ1) is 8.75. The van der Waals surface area contributed by atoms with E-state index in [9.17, 15) is 13.2 Å². The molecule has 0 aromatic heterocycles. The zero-order valence-electron chi connectivity index (χ0n) is 10.5. The van der Waals surface area contributed by atoms with Crippen LogP contribution in [0.15, 0.2) is 18.2 Å². The van der Waals surface area contributed by atoms with E-state index in [0.717, 1.165) is 6.92 Å². The van der Waals surface area contributed by atoms with Crippen molar-refractivity contribution in [2.24, 2.45) is 5.73 Å². The lowest BCUT2D eigenvalue weighted by atomic mass is 10.1. The molecule has 1 rings (SSSR count). The Hall–Kier alpha value is -1.76. The van der Waals surface area contributed by atoms with Gasteiger partial charge in [-0.2, -0.15) is 13.2 Å². The Kier molecular flexibility index (Phi) is 4.77. The van der Waals surface area contributed by atoms with Crippen molar-refractivity contribution in [3.63, 3.8) is 0 Å². The van der Waals surface area contributed by atoms with Crippen LogP contribution in [-0.2, 0) is 11.3 Å². The predicted molar refractivity (Wildman–Crippen MR) is 64.3 cm³/mol. The van der Waals surface area contributed by atoms with E-state index in [1.54, 1.807) is 6.07 Å². The lowest BCUT2D eigenvalue weighted by Crippen LogP contribution is -2.28. The minimum Gasteiger partial charge on any atom is -0.496 e. The summed E-state index contributed by atoms with van der Waals surface area (Å²) in [5.74, 6) is 0.169. The van der Waals surface area contributed by atoms with E-state index in [2.05, 4.69) is 0 Å². The monoisotopic (exact) mass is 276 g/mol. The van der Waals surface area contributed by atoms with Crippen molar-refractivity contribution in [3.05, 3.63) is 29.3 Å². The van der Waals surface area contributed by atoms with Crippen LogP contribution in [0.25, 0.3) is 0 Å². The SMILES string of the molecule is COc1ccc(COC(C)C(F)(F)F)cc1C(=N)N. The molecule has 1 atom stereocenters. The van der Waals surface area contributed by atoms with Crippen LogP contribution >= 0.6 is 0 Å². The molecule has 0 fully saturated rings. The van der Waals surface area contributed by atoms with Gasteiger partial charge in [0.2, 0.25) is 0 Å². The Morgan fingerprint density at radius 1 is 1.42 bits per heavy atom. The Bertz CT molecular complexity index is 461. The Labute approximate surface area is 108 Å². The lowest BCUT2D eigenvalue weighted by Gasteiger charge is -2.17. The zero-order chi connectivity index (χ0) is 14.6. The van der Waals surface area contributed by atoms with Gasteiger partial charge in [0, 0.05) is 0 Å². The highest BCUT2D eigenvalue weighted by molar-refractivity contribution is 5.97. The van der Waals surface area contributed by atoms with Crippen molar-refractivity contribution < 1.29 is 22.6 Å². The van der Waals surface area contributed by atoms with Gasteiger partial charge < -0.3 is 15.2 Å². The van der Waals surface area contributed by atoms with Gasteiger partial charge in [-0.25, -0.2) is 0 Å². The van der Waals surface area contributed by atoms with E-state index in [1.807, 2.05) is 0 Å². The molecule has 1 aromatic rings. The van der Waals surface area contributed by atoms with Gasteiger partial charge in [-0.3, -0.25) is 5.41 Å². The summed E-state index contributed by atoms with van der Waals surface area (Å²) in [6.45, 7) is 0.723. The quantitative estimate of drug-likeness (QED) is 0.641. The molecule has 4 nitrogen and oxygen atoms in total. The molecule has 106 valence electrons. The number of alkyl halides is 3. The highest BCUT2D eigenvalue weighted by Gasteiger charge is 2.36. The molecule has 1 unspecified atom stereocenters. The second-order valence-electron chi connectivity index (χ2n) is 3.94. The second kappa shape index (κ2) is 5.92. The molecule has 0 heterocycles. The largest absolute Gasteiger partial charge is 0.496 e. The van der Waals surface area contributed by atoms with Crippen molar-refractivity contribution in [2.75, 3.05) is 7.11 Å². The molecule has 0 amide bonds. The first-order valence-corrected chi connectivity index (χ1v) is 5.45. The number of nitrogens with two attached hydrogens (primary N) is 1. The lowest BCUT2D eigenvalue weighted by molar-refractivity contribution is -0.217. The number of amidine groups is 1. The summed E-state index contributed by atoms with van der Waals surface area (Å²) < 4.78 is 46.6. The second-order valence-corrected chi connectivity index (χ2v) is 3.94. The van der Waals surface area contributed by atoms with Crippen molar-refractivity contribution >= 4 is 5.84 Å². The van der Waals surface area contributed by atoms with Crippen LogP contribution in [0.3, 0.4) is 0 Å². The third-order valence-electron chi connectivity index (χ3n) is 2.52. The van der Waals surface area contributed by atoms with Gasteiger partial charge in [0.05, 0.1) is 19.3 Å². The smallest absolute Gasteiger partial charge is 0.414 e. The van der Waals surface area contributed by atoms with E-state index in [1.165, 1.54) is 19.2 Å². The minimum absolute atomic E-state index is 0.217. The van der Waals surface area contributed by atoms with Crippen molar-refractivity contribution in [1.82, 2.24) is 0 Å². The van der Waals surface area contributed by atoms with Gasteiger partial charge in [-0.15, -0.1) is 0 Å². The number of benzene rings is 1. The van der Waals surface area contributed by atoms with Gasteiger partial charge in [0.25, 0.3) is 0 Å². The van der Waals surface area contributed by atoms with Crippen LogP contribution in [0.1, 0.15) is 18.1 Å². The zero-order valence-corrected chi connectivity index (χ0v) is 10.5. The molecule has 0 aliphatic rings. The first kappa shape index (κ1) is 15.3. The van der Waals surface area contributed by atoms with Gasteiger partial charge in [-0.1, -0.05) is 6.07 Å². The number of methoxy groups -OCH3 is 1. The van der Waals surface area contributed by atoms with Crippen molar-refractivity contribution in [1.29, 1.82) is 5.41 Å². The van der Waals surface area contributed by atoms with Gasteiger partial charge >= 0.3 is 6.18 Å². The summed E-state index contributed by atoms with van der Waals surface area (Å²) >= 11 is 0. The summed E-state index contributed by atoms with van der Waals surface area (Å²) in [5.41, 5.74) is 6.18. The standard InChI is InChI=1S/C12H15F3N2O2/c1-7(12(13,14)15)19-6-8-3-4-10(18-2)9(5-8)11(16)17/h3-5,7H,6H2,1-2H3,(H3,16,17). The number of nitrogen functional groups attached to an aromatic ring is 1. The van der Waals surface area contributed by atoms with E-state index < -0.39 is 12.3 Å². The Morgan fingerprint density at radius 3 is 2.53 bits per heavy atom. The van der Waals surface area contributed by atoms with Crippen molar-refractivity contribution in [3.8, 4) is 5.75 Å². The topological polar surface area (TPSA) is 68.3 Å². The van der Waals surface area contributed by atoms with Gasteiger partial charge in [-0.05, 0) is 24.6 Å². The van der Waals surface area contributed by atoms with Crippen LogP contribution in [0, 0.1) is 5.41 Å². The fraction of sp³-hybridized carbons (Fsp3) is 0.417. The Morgan fingerprint density at radius 2 is 2.05 bits per heavy atom. The normalized spacial score (nSPS) is 13.1. The maximum Gasteiger partial charge on any atom is 0.414 e. The molecule has 3 N–H and O–H groups in total. The molecule has 0 radical (unpaired) electrons. The molecular weight excluding hydrogens is 261 g/mol. The van der Waals surface area contributed by atoms with E-state index in [-0.39, 0.29) is 12.4 Å². The van der Waals surface area contributed by atoms with Crippen LogP contribution < -0.4 is 10.5 Å². The number of nitrogens with one attached hydrogen (secondary N) is 1. The van der Waals surface area contributed by atoms with E-state index >= 15 is 0 Å². The maximum atomic E-state index is 12.3. The number of halogens is 3. The molecule has 0 spiro atoms. The maximum absolute atomic E-state index is 12.3. The van der Waals surface area contributed by atoms with Gasteiger partial charge in [0.15, 0.2) is 6.10 Å². The summed E-state index contributed by atoms with van der Waals surface area (Å²) in [6.07, 6.45) is -6.24. The molecule has 1 aromatic carbocycles. The highest BCUT2D eigenvalue weighted by atomic mass is 19.4. The van der Waals surface area contributed by atoms with E-state index in [0.29, 0.717) is 16.9 Å². The average molecular weight is 276 g/mol. The Balaban J connectivity index is 2.81. The van der Waals surface area contributed by atoms with Crippen LogP contribution in [0.5, 0.6) is 5.75 Å². The first-order valence-electron chi connectivity index (χ1n) is 5.45. The minimum atomic E-state index is -4.39. The molecule has 0 aliphatic heterocycles. The average Bonchev–Trinajstić information content (AvgIpc) is 2.34. The third kappa shape index (κ3) is 4.13. The fourth-order valence-corrected chi connectivity index (χ4v) is 1.37. The number of hydrogen-bond donors (Lipinski definition) is 2. The molecular formula is C12H15F3N2O2. The van der Waals surface area contributed by atoms with Crippen LogP contribution in [-0.4, -0.2) is 25.2 Å². The molecule has 0 saturated heterocycles. The molecule has 19 heavy (non-hydrogen) atoms. The third-order valence-corrected chi connectivity index (χ3v) is 2.52. The van der Waals surface area contributed by atoms with Crippen molar-refractivity contribution in [2.45, 2.75) is 25.8 Å². The fourth-order valence-electron chi connectivity index (χ4n) is 1.37.